The topological polar surface area (TPSA) is 58.9 Å². The Morgan fingerprint density at radius 1 is 1.18 bits per heavy atom. The molecule has 4 heteroatoms. The Morgan fingerprint density at radius 2 is 1.82 bits per heavy atom. The third-order valence-corrected chi connectivity index (χ3v) is 0.876. The molecule has 0 amide bonds. The number of hydrogen-bond acceptors (Lipinski definition) is 4. The van der Waals surface area contributed by atoms with E-state index < -0.39 is 0 Å². The molecule has 0 unspecified atom stereocenters. The maximum atomic E-state index is 8.55. The second kappa shape index (κ2) is 7.53. The maximum absolute atomic E-state index is 8.55. The molecule has 66 valence electrons. The van der Waals surface area contributed by atoms with Crippen LogP contribution in [0.25, 0.3) is 0 Å². The summed E-state index contributed by atoms with van der Waals surface area (Å²) in [5, 5.41) is 16.8. The van der Waals surface area contributed by atoms with Gasteiger partial charge >= 0.3 is 0 Å². The van der Waals surface area contributed by atoms with E-state index in [1.807, 2.05) is 0 Å². The van der Waals surface area contributed by atoms with Crippen LogP contribution < -0.4 is 0 Å². The van der Waals surface area contributed by atoms with Crippen molar-refractivity contribution in [1.29, 1.82) is 0 Å². The average molecular weight is 162 g/mol. The lowest BCUT2D eigenvalue weighted by Crippen LogP contribution is -2.08. The summed E-state index contributed by atoms with van der Waals surface area (Å²) in [4.78, 5) is 0. The van der Waals surface area contributed by atoms with E-state index in [0.29, 0.717) is 19.8 Å². The molecular formula is C7H14O4. The zero-order valence-electron chi connectivity index (χ0n) is 6.45. The zero-order chi connectivity index (χ0) is 8.53. The Balaban J connectivity index is 2.85. The number of aliphatic hydroxyl groups excluding tert-OH is 2. The highest BCUT2D eigenvalue weighted by molar-refractivity contribution is 4.77. The lowest BCUT2D eigenvalue weighted by atomic mass is 10.6. The van der Waals surface area contributed by atoms with Crippen molar-refractivity contribution in [1.82, 2.24) is 0 Å². The fourth-order valence-corrected chi connectivity index (χ4v) is 0.474. The third kappa shape index (κ3) is 9.42. The number of hydrogen-bond donors (Lipinski definition) is 2. The van der Waals surface area contributed by atoms with Gasteiger partial charge in [-0.3, -0.25) is 0 Å². The van der Waals surface area contributed by atoms with E-state index >= 15 is 0 Å². The first kappa shape index (κ1) is 10.4. The highest BCUT2D eigenvalue weighted by Gasteiger charge is 1.89. The first-order chi connectivity index (χ1) is 5.27. The summed E-state index contributed by atoms with van der Waals surface area (Å²) in [5.74, 6) is 0.00663. The molecule has 0 aliphatic heterocycles. The Kier molecular flexibility index (Phi) is 7.13. The second-order valence-corrected chi connectivity index (χ2v) is 1.95. The molecule has 11 heavy (non-hydrogen) atoms. The van der Waals surface area contributed by atoms with E-state index in [-0.39, 0.29) is 19.0 Å². The largest absolute Gasteiger partial charge is 0.510 e. The summed E-state index contributed by atoms with van der Waals surface area (Å²) in [6.45, 7) is 4.55. The molecule has 0 fully saturated rings. The Bertz CT molecular complexity index is 103. The molecule has 0 bridgehead atoms. The quantitative estimate of drug-likeness (QED) is 0.411. The molecule has 2 N–H and O–H groups in total. The van der Waals surface area contributed by atoms with Gasteiger partial charge in [-0.15, -0.1) is 0 Å². The zero-order valence-corrected chi connectivity index (χ0v) is 6.45. The van der Waals surface area contributed by atoms with Crippen LogP contribution in [0.1, 0.15) is 0 Å². The third-order valence-electron chi connectivity index (χ3n) is 0.876. The van der Waals surface area contributed by atoms with Crippen molar-refractivity contribution in [3.05, 3.63) is 12.3 Å². The molecule has 4 nitrogen and oxygen atoms in total. The fraction of sp³-hybridized carbons (Fsp3) is 0.714. The first-order valence-electron chi connectivity index (χ1n) is 3.40. The molecule has 0 atom stereocenters. The summed E-state index contributed by atoms with van der Waals surface area (Å²) in [6.07, 6.45) is 0. The Hall–Kier alpha value is -0.580. The maximum Gasteiger partial charge on any atom is 0.111 e. The number of rotatable bonds is 7. The Labute approximate surface area is 66.1 Å². The lowest BCUT2D eigenvalue weighted by Gasteiger charge is -2.02. The molecule has 0 aromatic rings. The van der Waals surface area contributed by atoms with Crippen LogP contribution in [0.15, 0.2) is 12.3 Å². The number of ether oxygens (including phenoxy) is 2. The van der Waals surface area contributed by atoms with Gasteiger partial charge in [0, 0.05) is 0 Å². The number of aliphatic hydroxyl groups is 2. The van der Waals surface area contributed by atoms with Gasteiger partial charge in [-0.2, -0.15) is 0 Å². The van der Waals surface area contributed by atoms with Gasteiger partial charge in [0.05, 0.1) is 26.4 Å². The smallest absolute Gasteiger partial charge is 0.111 e. The van der Waals surface area contributed by atoms with Crippen molar-refractivity contribution in [3.63, 3.8) is 0 Å². The van der Waals surface area contributed by atoms with E-state index in [9.17, 15) is 0 Å². The molecule has 0 aliphatic rings. The average Bonchev–Trinajstić information content (AvgIpc) is 1.96. The van der Waals surface area contributed by atoms with Crippen molar-refractivity contribution < 1.29 is 19.7 Å². The highest BCUT2D eigenvalue weighted by Crippen LogP contribution is 1.84. The van der Waals surface area contributed by atoms with E-state index in [1.165, 1.54) is 0 Å². The predicted octanol–water partition coefficient (Wildman–Crippen LogP) is 0.0836. The molecule has 0 aromatic heterocycles. The van der Waals surface area contributed by atoms with Crippen molar-refractivity contribution in [2.75, 3.05) is 33.0 Å². The van der Waals surface area contributed by atoms with Gasteiger partial charge in [-0.05, 0) is 0 Å². The molecule has 0 heterocycles. The summed E-state index contributed by atoms with van der Waals surface area (Å²) in [6, 6.07) is 0. The van der Waals surface area contributed by atoms with Crippen LogP contribution in [0.5, 0.6) is 0 Å². The van der Waals surface area contributed by atoms with Gasteiger partial charge in [0.25, 0.3) is 0 Å². The van der Waals surface area contributed by atoms with Crippen LogP contribution in [-0.4, -0.2) is 43.2 Å². The minimum absolute atomic E-state index is 0.00663. The van der Waals surface area contributed by atoms with Gasteiger partial charge in [-0.25, -0.2) is 0 Å². The predicted molar refractivity (Wildman–Crippen MR) is 40.5 cm³/mol. The molecule has 0 aliphatic carbocycles. The van der Waals surface area contributed by atoms with E-state index in [1.54, 1.807) is 0 Å². The van der Waals surface area contributed by atoms with Crippen LogP contribution >= 0.6 is 0 Å². The van der Waals surface area contributed by atoms with E-state index in [2.05, 4.69) is 6.58 Å². The minimum Gasteiger partial charge on any atom is -0.510 e. The molecule has 0 saturated carbocycles. The van der Waals surface area contributed by atoms with Crippen molar-refractivity contribution in [3.8, 4) is 0 Å². The van der Waals surface area contributed by atoms with Gasteiger partial charge in [0.2, 0.25) is 0 Å². The van der Waals surface area contributed by atoms with Gasteiger partial charge in [0.1, 0.15) is 12.4 Å². The van der Waals surface area contributed by atoms with Crippen LogP contribution in [0.2, 0.25) is 0 Å². The van der Waals surface area contributed by atoms with Gasteiger partial charge in [-0.1, -0.05) is 6.58 Å². The standard InChI is InChI=1S/C7H14O4/c1-7(9)6-11-5-4-10-3-2-8/h8-9H,1-6H2. The summed E-state index contributed by atoms with van der Waals surface area (Å²) >= 11 is 0. The Morgan fingerprint density at radius 3 is 2.36 bits per heavy atom. The van der Waals surface area contributed by atoms with Crippen molar-refractivity contribution in [2.45, 2.75) is 0 Å². The fourth-order valence-electron chi connectivity index (χ4n) is 0.474. The highest BCUT2D eigenvalue weighted by atomic mass is 16.5. The minimum atomic E-state index is 0.00663. The SMILES string of the molecule is C=C(O)COCCOCCO. The molecule has 0 aromatic carbocycles. The van der Waals surface area contributed by atoms with Gasteiger partial charge < -0.3 is 19.7 Å². The summed E-state index contributed by atoms with van der Waals surface area (Å²) in [7, 11) is 0. The second-order valence-electron chi connectivity index (χ2n) is 1.95. The lowest BCUT2D eigenvalue weighted by molar-refractivity contribution is 0.0334. The van der Waals surface area contributed by atoms with Crippen molar-refractivity contribution >= 4 is 0 Å². The van der Waals surface area contributed by atoms with Crippen LogP contribution in [-0.2, 0) is 9.47 Å². The van der Waals surface area contributed by atoms with Crippen LogP contribution in [0.4, 0.5) is 0 Å². The van der Waals surface area contributed by atoms with Crippen LogP contribution in [0, 0.1) is 0 Å². The first-order valence-corrected chi connectivity index (χ1v) is 3.40. The molecule has 0 spiro atoms. The normalized spacial score (nSPS) is 9.91. The molecule has 0 radical (unpaired) electrons. The van der Waals surface area contributed by atoms with Crippen molar-refractivity contribution in [2.24, 2.45) is 0 Å². The summed E-state index contributed by atoms with van der Waals surface area (Å²) in [5.41, 5.74) is 0. The van der Waals surface area contributed by atoms with Crippen LogP contribution in [0.3, 0.4) is 0 Å². The van der Waals surface area contributed by atoms with Gasteiger partial charge in [0.15, 0.2) is 0 Å². The van der Waals surface area contributed by atoms with E-state index in [4.69, 9.17) is 19.7 Å². The summed E-state index contributed by atoms with van der Waals surface area (Å²) < 4.78 is 9.76. The molecular weight excluding hydrogens is 148 g/mol. The molecule has 0 saturated heterocycles. The van der Waals surface area contributed by atoms with E-state index in [0.717, 1.165) is 0 Å². The molecule has 0 rings (SSSR count). The monoisotopic (exact) mass is 162 g/mol.